The van der Waals surface area contributed by atoms with Crippen LogP contribution in [0.25, 0.3) is 11.0 Å². The van der Waals surface area contributed by atoms with E-state index in [0.29, 0.717) is 17.1 Å². The maximum absolute atomic E-state index is 12.1. The Morgan fingerprint density at radius 3 is 2.87 bits per heavy atom. The zero-order valence-corrected chi connectivity index (χ0v) is 12.6. The molecule has 1 atom stereocenters. The van der Waals surface area contributed by atoms with Crippen molar-refractivity contribution in [2.45, 2.75) is 13.0 Å². The number of hydrogen-bond donors (Lipinski definition) is 2. The lowest BCUT2D eigenvalue weighted by Crippen LogP contribution is -2.28. The molecule has 0 unspecified atom stereocenters. The quantitative estimate of drug-likeness (QED) is 0.768. The first-order chi connectivity index (χ1) is 11.1. The van der Waals surface area contributed by atoms with Gasteiger partial charge in [0.2, 0.25) is 0 Å². The molecular formula is C16H15N3O4. The summed E-state index contributed by atoms with van der Waals surface area (Å²) in [6.45, 7) is 1.80. The van der Waals surface area contributed by atoms with Gasteiger partial charge < -0.3 is 14.5 Å². The van der Waals surface area contributed by atoms with Gasteiger partial charge in [0.1, 0.15) is 11.5 Å². The van der Waals surface area contributed by atoms with E-state index in [0.717, 1.165) is 5.39 Å². The number of aromatic amines is 1. The molecule has 0 aliphatic rings. The molecule has 0 saturated carbocycles. The van der Waals surface area contributed by atoms with Crippen LogP contribution in [-0.4, -0.2) is 23.2 Å². The van der Waals surface area contributed by atoms with Gasteiger partial charge in [0.15, 0.2) is 11.3 Å². The number of fused-ring (bicyclic) bond motifs is 1. The molecule has 3 rings (SSSR count). The van der Waals surface area contributed by atoms with E-state index in [2.05, 4.69) is 15.5 Å². The molecule has 0 spiro atoms. The highest BCUT2D eigenvalue weighted by molar-refractivity contribution is 5.92. The fraction of sp³-hybridized carbons (Fsp3) is 0.188. The largest absolute Gasteiger partial charge is 0.493 e. The van der Waals surface area contributed by atoms with Crippen molar-refractivity contribution >= 4 is 16.9 Å². The third kappa shape index (κ3) is 2.94. The SMILES string of the molecule is COc1cccc2cc([C@@H](C)NC(=O)c3ccc(=O)[nH]n3)oc12. The average molecular weight is 313 g/mol. The van der Waals surface area contributed by atoms with Crippen LogP contribution in [-0.2, 0) is 0 Å². The number of ether oxygens (including phenoxy) is 1. The van der Waals surface area contributed by atoms with Crippen molar-refractivity contribution < 1.29 is 13.9 Å². The first kappa shape index (κ1) is 14.8. The highest BCUT2D eigenvalue weighted by Crippen LogP contribution is 2.30. The third-order valence-corrected chi connectivity index (χ3v) is 3.43. The number of aromatic nitrogens is 2. The molecule has 3 aromatic rings. The van der Waals surface area contributed by atoms with Crippen molar-refractivity contribution in [3.8, 4) is 5.75 Å². The molecule has 0 aliphatic heterocycles. The Morgan fingerprint density at radius 1 is 1.35 bits per heavy atom. The Labute approximate surface area is 131 Å². The maximum Gasteiger partial charge on any atom is 0.272 e. The normalized spacial score (nSPS) is 12.1. The number of nitrogens with one attached hydrogen (secondary N) is 2. The Balaban J connectivity index is 1.83. The van der Waals surface area contributed by atoms with Crippen LogP contribution in [0.3, 0.4) is 0 Å². The number of nitrogens with zero attached hydrogens (tertiary/aromatic N) is 1. The van der Waals surface area contributed by atoms with Crippen molar-refractivity contribution in [1.82, 2.24) is 15.5 Å². The molecule has 1 amide bonds. The molecule has 7 nitrogen and oxygen atoms in total. The summed E-state index contributed by atoms with van der Waals surface area (Å²) in [6.07, 6.45) is 0. The van der Waals surface area contributed by atoms with Crippen LogP contribution in [0.15, 0.2) is 45.6 Å². The van der Waals surface area contributed by atoms with Crippen LogP contribution in [0.4, 0.5) is 0 Å². The molecule has 0 bridgehead atoms. The predicted octanol–water partition coefficient (Wildman–Crippen LogP) is 2.02. The number of carbonyl (C=O) groups excluding carboxylic acids is 1. The molecule has 2 N–H and O–H groups in total. The van der Waals surface area contributed by atoms with Gasteiger partial charge in [-0.25, -0.2) is 5.10 Å². The summed E-state index contributed by atoms with van der Waals surface area (Å²) in [5, 5.41) is 9.58. The number of rotatable bonds is 4. The summed E-state index contributed by atoms with van der Waals surface area (Å²) in [6, 6.07) is 9.68. The highest BCUT2D eigenvalue weighted by Gasteiger charge is 2.17. The van der Waals surface area contributed by atoms with Crippen LogP contribution in [0.1, 0.15) is 29.2 Å². The van der Waals surface area contributed by atoms with Crippen LogP contribution >= 0.6 is 0 Å². The lowest BCUT2D eigenvalue weighted by atomic mass is 10.2. The smallest absolute Gasteiger partial charge is 0.272 e. The van der Waals surface area contributed by atoms with Gasteiger partial charge in [0.05, 0.1) is 13.2 Å². The lowest BCUT2D eigenvalue weighted by Gasteiger charge is -2.10. The zero-order valence-electron chi connectivity index (χ0n) is 12.6. The minimum absolute atomic E-state index is 0.130. The van der Waals surface area contributed by atoms with Gasteiger partial charge >= 0.3 is 0 Å². The molecule has 0 fully saturated rings. The van der Waals surface area contributed by atoms with E-state index in [4.69, 9.17) is 9.15 Å². The van der Waals surface area contributed by atoms with Gasteiger partial charge in [-0.1, -0.05) is 12.1 Å². The minimum Gasteiger partial charge on any atom is -0.493 e. The zero-order chi connectivity index (χ0) is 16.4. The monoisotopic (exact) mass is 313 g/mol. The van der Waals surface area contributed by atoms with E-state index in [9.17, 15) is 9.59 Å². The lowest BCUT2D eigenvalue weighted by molar-refractivity contribution is 0.0929. The summed E-state index contributed by atoms with van der Waals surface area (Å²) in [4.78, 5) is 23.1. The molecule has 0 radical (unpaired) electrons. The van der Waals surface area contributed by atoms with Gasteiger partial charge in [0.25, 0.3) is 11.5 Å². The van der Waals surface area contributed by atoms with Crippen LogP contribution < -0.4 is 15.6 Å². The molecule has 23 heavy (non-hydrogen) atoms. The molecule has 118 valence electrons. The maximum atomic E-state index is 12.1. The number of amides is 1. The molecule has 0 aliphatic carbocycles. The molecule has 1 aromatic carbocycles. The Kier molecular flexibility index (Phi) is 3.84. The first-order valence-corrected chi connectivity index (χ1v) is 7.01. The molecule has 0 saturated heterocycles. The Hall–Kier alpha value is -3.09. The molecule has 2 aromatic heterocycles. The van der Waals surface area contributed by atoms with E-state index in [1.807, 2.05) is 24.3 Å². The van der Waals surface area contributed by atoms with E-state index < -0.39 is 5.91 Å². The van der Waals surface area contributed by atoms with Crippen LogP contribution in [0.5, 0.6) is 5.75 Å². The third-order valence-electron chi connectivity index (χ3n) is 3.43. The highest BCUT2D eigenvalue weighted by atomic mass is 16.5. The van der Waals surface area contributed by atoms with Crippen molar-refractivity contribution in [2.24, 2.45) is 0 Å². The Bertz CT molecular complexity index is 893. The molecule has 7 heteroatoms. The molecule has 2 heterocycles. The summed E-state index contributed by atoms with van der Waals surface area (Å²) in [7, 11) is 1.57. The van der Waals surface area contributed by atoms with Gasteiger partial charge in [0, 0.05) is 11.5 Å². The second-order valence-electron chi connectivity index (χ2n) is 5.03. The summed E-state index contributed by atoms with van der Waals surface area (Å²) in [5.74, 6) is 0.832. The van der Waals surface area contributed by atoms with Crippen molar-refractivity contribution in [3.63, 3.8) is 0 Å². The second-order valence-corrected chi connectivity index (χ2v) is 5.03. The number of H-pyrrole nitrogens is 1. The topological polar surface area (TPSA) is 97.2 Å². The van der Waals surface area contributed by atoms with Gasteiger partial charge in [-0.2, -0.15) is 5.10 Å². The van der Waals surface area contributed by atoms with Crippen molar-refractivity contribution in [1.29, 1.82) is 0 Å². The number of hydrogen-bond acceptors (Lipinski definition) is 5. The first-order valence-electron chi connectivity index (χ1n) is 7.01. The van der Waals surface area contributed by atoms with E-state index in [1.165, 1.54) is 12.1 Å². The fourth-order valence-corrected chi connectivity index (χ4v) is 2.24. The summed E-state index contributed by atoms with van der Waals surface area (Å²) < 4.78 is 11.0. The van der Waals surface area contributed by atoms with Crippen molar-refractivity contribution in [2.75, 3.05) is 7.11 Å². The predicted molar refractivity (Wildman–Crippen MR) is 83.5 cm³/mol. The Morgan fingerprint density at radius 2 is 2.17 bits per heavy atom. The average Bonchev–Trinajstić information content (AvgIpc) is 2.99. The second kappa shape index (κ2) is 5.96. The van der Waals surface area contributed by atoms with Crippen LogP contribution in [0, 0.1) is 0 Å². The molecular weight excluding hydrogens is 298 g/mol. The number of methoxy groups -OCH3 is 1. The summed E-state index contributed by atoms with van der Waals surface area (Å²) >= 11 is 0. The van der Waals surface area contributed by atoms with E-state index >= 15 is 0 Å². The van der Waals surface area contributed by atoms with Gasteiger partial charge in [-0.15, -0.1) is 0 Å². The van der Waals surface area contributed by atoms with E-state index in [-0.39, 0.29) is 17.3 Å². The summed E-state index contributed by atoms with van der Waals surface area (Å²) in [5.41, 5.74) is 0.400. The number of para-hydroxylation sites is 1. The minimum atomic E-state index is -0.402. The van der Waals surface area contributed by atoms with Crippen molar-refractivity contribution in [3.05, 3.63) is 58.2 Å². The standard InChI is InChI=1S/C16H15N3O4/c1-9(17-16(21)11-6-7-14(20)19-18-11)13-8-10-4-3-5-12(22-2)15(10)23-13/h3-9H,1-2H3,(H,17,21)(H,19,20)/t9-/m1/s1. The van der Waals surface area contributed by atoms with E-state index in [1.54, 1.807) is 14.0 Å². The van der Waals surface area contributed by atoms with Crippen LogP contribution in [0.2, 0.25) is 0 Å². The number of benzene rings is 1. The fourth-order valence-electron chi connectivity index (χ4n) is 2.24. The van der Waals surface area contributed by atoms with Gasteiger partial charge in [-0.05, 0) is 25.1 Å². The number of carbonyl (C=O) groups is 1. The van der Waals surface area contributed by atoms with Gasteiger partial charge in [-0.3, -0.25) is 9.59 Å². The number of furan rings is 1.